The van der Waals surface area contributed by atoms with Crippen LogP contribution in [0.3, 0.4) is 0 Å². The highest BCUT2D eigenvalue weighted by molar-refractivity contribution is 5.71. The van der Waals surface area contributed by atoms with E-state index in [2.05, 4.69) is 74.6 Å². The Morgan fingerprint density at radius 1 is 0.295 bits per heavy atom. The fraction of sp³-hybridized carbons (Fsp3) is 0.865. The molecule has 0 bridgehead atoms. The van der Waals surface area contributed by atoms with Gasteiger partial charge in [-0.25, -0.2) is 4.79 Å². The number of carboxylic acid groups (broad SMARTS) is 1. The van der Waals surface area contributed by atoms with Crippen molar-refractivity contribution in [2.45, 2.75) is 489 Å². The van der Waals surface area contributed by atoms with Crippen LogP contribution in [0.2, 0.25) is 0 Å². The van der Waals surface area contributed by atoms with E-state index in [1.807, 2.05) is 21.1 Å². The summed E-state index contributed by atoms with van der Waals surface area (Å²) < 4.78 is 23.1. The first-order chi connectivity index (χ1) is 51.6. The predicted molar refractivity (Wildman–Crippen MR) is 457 cm³/mol. The monoisotopic (exact) mass is 1480 g/mol. The number of aliphatic carboxylic acids is 1. The number of unbranched alkanes of at least 4 members (excludes halogenated alkanes) is 63. The third-order valence-electron chi connectivity index (χ3n) is 21.3. The summed E-state index contributed by atoms with van der Waals surface area (Å²) in [5, 5.41) is 9.80. The number of rotatable bonds is 88. The topological polar surface area (TPSA) is 108 Å². The van der Waals surface area contributed by atoms with Crippen LogP contribution in [0.4, 0.5) is 0 Å². The van der Waals surface area contributed by atoms with Gasteiger partial charge in [0.25, 0.3) is 6.29 Å². The second kappa shape index (κ2) is 86.6. The number of ether oxygens (including phenoxy) is 4. The quantitative estimate of drug-likeness (QED) is 0.0211. The summed E-state index contributed by atoms with van der Waals surface area (Å²) in [5.41, 5.74) is 0. The molecule has 0 saturated carbocycles. The number of nitrogens with zero attached hydrogens (tertiary/aromatic N) is 1. The van der Waals surface area contributed by atoms with Gasteiger partial charge in [0.1, 0.15) is 13.2 Å². The van der Waals surface area contributed by atoms with Gasteiger partial charge in [-0.05, 0) is 77.0 Å². The average molecular weight is 1480 g/mol. The van der Waals surface area contributed by atoms with Gasteiger partial charge < -0.3 is 28.5 Å². The molecule has 0 heterocycles. The van der Waals surface area contributed by atoms with Crippen molar-refractivity contribution in [2.24, 2.45) is 0 Å². The van der Waals surface area contributed by atoms with Crippen LogP contribution in [0.15, 0.2) is 60.8 Å². The molecule has 0 radical (unpaired) electrons. The summed E-state index contributed by atoms with van der Waals surface area (Å²) in [4.78, 5) is 37.8. The van der Waals surface area contributed by atoms with Crippen molar-refractivity contribution in [3.8, 4) is 0 Å². The van der Waals surface area contributed by atoms with Gasteiger partial charge >= 0.3 is 17.9 Å². The smallest absolute Gasteiger partial charge is 0.361 e. The zero-order valence-electron chi connectivity index (χ0n) is 70.9. The molecule has 9 heteroatoms. The lowest BCUT2D eigenvalue weighted by atomic mass is 10.0. The van der Waals surface area contributed by atoms with Crippen LogP contribution in [-0.4, -0.2) is 87.4 Å². The van der Waals surface area contributed by atoms with Crippen molar-refractivity contribution in [2.75, 3.05) is 47.5 Å². The van der Waals surface area contributed by atoms with E-state index in [1.54, 1.807) is 0 Å². The molecular formula is C96H180NO8+. The van der Waals surface area contributed by atoms with Gasteiger partial charge in [0.2, 0.25) is 0 Å². The van der Waals surface area contributed by atoms with Gasteiger partial charge in [-0.15, -0.1) is 0 Å². The molecule has 1 N–H and O–H groups in total. The number of allylic oxidation sites excluding steroid dienone is 10. The van der Waals surface area contributed by atoms with E-state index in [0.29, 0.717) is 17.4 Å². The van der Waals surface area contributed by atoms with Gasteiger partial charge in [0.05, 0.1) is 34.4 Å². The number of carbonyl (C=O) groups excluding carboxylic acids is 2. The van der Waals surface area contributed by atoms with Crippen LogP contribution in [0.1, 0.15) is 476 Å². The van der Waals surface area contributed by atoms with Gasteiger partial charge in [-0.2, -0.15) is 0 Å². The van der Waals surface area contributed by atoms with E-state index in [4.69, 9.17) is 18.9 Å². The van der Waals surface area contributed by atoms with Crippen molar-refractivity contribution >= 4 is 17.9 Å². The molecule has 0 aliphatic carbocycles. The molecule has 0 rings (SSSR count). The first-order valence-electron chi connectivity index (χ1n) is 46.5. The second-order valence-corrected chi connectivity index (χ2v) is 32.9. The predicted octanol–water partition coefficient (Wildman–Crippen LogP) is 30.5. The highest BCUT2D eigenvalue weighted by atomic mass is 16.7. The van der Waals surface area contributed by atoms with Crippen LogP contribution < -0.4 is 0 Å². The zero-order chi connectivity index (χ0) is 76.0. The first-order valence-corrected chi connectivity index (χ1v) is 46.5. The number of likely N-dealkylation sites (N-methyl/N-ethyl adjacent to an activating group) is 1. The van der Waals surface area contributed by atoms with Gasteiger partial charge in [-0.3, -0.25) is 9.59 Å². The normalized spacial score (nSPS) is 12.8. The Morgan fingerprint density at radius 3 is 0.819 bits per heavy atom. The highest BCUT2D eigenvalue weighted by Gasteiger charge is 2.25. The number of hydrogen-bond donors (Lipinski definition) is 1. The lowest BCUT2D eigenvalue weighted by molar-refractivity contribution is -0.870. The minimum Gasteiger partial charge on any atom is -0.477 e. The summed E-state index contributed by atoms with van der Waals surface area (Å²) >= 11 is 0. The maximum absolute atomic E-state index is 13.0. The van der Waals surface area contributed by atoms with E-state index in [9.17, 15) is 19.5 Å². The molecule has 2 atom stereocenters. The molecule has 0 aromatic carbocycles. The Bertz CT molecular complexity index is 1920. The van der Waals surface area contributed by atoms with E-state index in [1.165, 1.54) is 385 Å². The molecule has 0 fully saturated rings. The minimum atomic E-state index is -1.51. The Morgan fingerprint density at radius 2 is 0.543 bits per heavy atom. The fourth-order valence-corrected chi connectivity index (χ4v) is 14.2. The Hall–Kier alpha value is -3.01. The summed E-state index contributed by atoms with van der Waals surface area (Å²) in [7, 11) is 6.01. The molecule has 0 aliphatic rings. The molecule has 0 aliphatic heterocycles. The van der Waals surface area contributed by atoms with Crippen molar-refractivity contribution in [3.63, 3.8) is 0 Å². The molecule has 0 aromatic heterocycles. The molecule has 0 amide bonds. The SMILES string of the molecule is CC/C=C\C/C=C\C/C=C\C/C=C\CCCCCCCCCCCCCCCCCCCCCCCCCCCCCCC(=O)OC(COC(=O)CCCCCCCCCCCCCCCCCCCCCCCCCCCCC/C=C\CCCCCCCCCC)COC(OCC[N+](C)(C)C)C(=O)O. The number of hydrogen-bond acceptors (Lipinski definition) is 7. The minimum absolute atomic E-state index is 0.175. The summed E-state index contributed by atoms with van der Waals surface area (Å²) in [6.07, 6.45) is 114. The van der Waals surface area contributed by atoms with Crippen LogP contribution in [0, 0.1) is 0 Å². The highest BCUT2D eigenvalue weighted by Crippen LogP contribution is 2.21. The molecular weight excluding hydrogens is 1300 g/mol. The lowest BCUT2D eigenvalue weighted by Gasteiger charge is -2.25. The van der Waals surface area contributed by atoms with Crippen molar-refractivity contribution in [1.29, 1.82) is 0 Å². The first kappa shape index (κ1) is 102. The standard InChI is InChI=1S/C96H179NO8/c1-6-8-10-12-14-16-18-20-22-24-26-28-30-32-34-36-38-40-42-44-46-47-49-51-53-55-57-59-61-63-65-67-69-71-73-75-77-79-81-83-85-87-94(99)105-92(91-104-96(95(100)101)102-89-88-97(3,4)5)90-103-93(98)86-84-82-80-78-76-74-72-70-68-66-64-62-60-58-56-54-52-50-48-45-43-41-39-37-35-33-31-29-27-25-23-21-19-17-15-13-11-9-7-2/h8,10,14,16,20,22,25-28,92,96H,6-7,9,11-13,15,17-19,21,23-24,29-91H2,1-5H3/p+1/b10-8-,16-14-,22-20-,27-25-,28-26-. The Labute approximate surface area is 654 Å². The summed E-state index contributed by atoms with van der Waals surface area (Å²) in [6, 6.07) is 0. The average Bonchev–Trinajstić information content (AvgIpc) is 1.18. The van der Waals surface area contributed by atoms with Gasteiger partial charge in [-0.1, -0.05) is 447 Å². The molecule has 9 nitrogen and oxygen atoms in total. The number of carboxylic acids is 1. The fourth-order valence-electron chi connectivity index (χ4n) is 14.2. The third kappa shape index (κ3) is 88.1. The Balaban J connectivity index is 3.87. The number of carbonyl (C=O) groups is 3. The summed E-state index contributed by atoms with van der Waals surface area (Å²) in [5.74, 6) is -1.97. The van der Waals surface area contributed by atoms with Gasteiger partial charge in [0, 0.05) is 12.8 Å². The maximum atomic E-state index is 13.0. The molecule has 0 aromatic rings. The largest absolute Gasteiger partial charge is 0.477 e. The van der Waals surface area contributed by atoms with Gasteiger partial charge in [0.15, 0.2) is 6.10 Å². The molecule has 0 saturated heterocycles. The lowest BCUT2D eigenvalue weighted by Crippen LogP contribution is -2.40. The maximum Gasteiger partial charge on any atom is 0.361 e. The number of esters is 2. The molecule has 616 valence electrons. The molecule has 105 heavy (non-hydrogen) atoms. The Kier molecular flexibility index (Phi) is 84.1. The van der Waals surface area contributed by atoms with E-state index in [-0.39, 0.29) is 38.2 Å². The van der Waals surface area contributed by atoms with E-state index < -0.39 is 18.4 Å². The van der Waals surface area contributed by atoms with Crippen molar-refractivity contribution < 1.29 is 42.9 Å². The van der Waals surface area contributed by atoms with Crippen LogP contribution in [0.5, 0.6) is 0 Å². The number of quaternary nitrogens is 1. The zero-order valence-corrected chi connectivity index (χ0v) is 70.9. The van der Waals surface area contributed by atoms with Crippen molar-refractivity contribution in [1.82, 2.24) is 0 Å². The second-order valence-electron chi connectivity index (χ2n) is 32.9. The van der Waals surface area contributed by atoms with Crippen molar-refractivity contribution in [3.05, 3.63) is 60.8 Å². The van der Waals surface area contributed by atoms with Crippen LogP contribution in [0.25, 0.3) is 0 Å². The van der Waals surface area contributed by atoms with Crippen LogP contribution >= 0.6 is 0 Å². The van der Waals surface area contributed by atoms with Crippen LogP contribution in [-0.2, 0) is 33.3 Å². The molecule has 2 unspecified atom stereocenters. The van der Waals surface area contributed by atoms with E-state index in [0.717, 1.165) is 64.2 Å². The third-order valence-corrected chi connectivity index (χ3v) is 21.3. The summed E-state index contributed by atoms with van der Waals surface area (Å²) in [6.45, 7) is 4.85. The molecule has 0 spiro atoms. The van der Waals surface area contributed by atoms with E-state index >= 15 is 0 Å².